The summed E-state index contributed by atoms with van der Waals surface area (Å²) in [5.41, 5.74) is 2.04. The molecule has 4 bridgehead atoms. The van der Waals surface area contributed by atoms with E-state index in [1.807, 2.05) is 60.7 Å². The smallest absolute Gasteiger partial charge is 0.281 e. The molecule has 6 heteroatoms. The molecule has 1 saturated carbocycles. The summed E-state index contributed by atoms with van der Waals surface area (Å²) in [6.07, 6.45) is -2.93. The molecular weight excluding hydrogens is 360 g/mol. The Kier molecular flexibility index (Phi) is 4.53. The van der Waals surface area contributed by atoms with Gasteiger partial charge in [0.15, 0.2) is 18.0 Å². The van der Waals surface area contributed by atoms with Crippen molar-refractivity contribution >= 4 is 5.78 Å². The Morgan fingerprint density at radius 2 is 1.25 bits per heavy atom. The molecule has 3 aliphatic heterocycles. The molecule has 0 amide bonds. The van der Waals surface area contributed by atoms with Crippen molar-refractivity contribution in [2.75, 3.05) is 0 Å². The van der Waals surface area contributed by atoms with Crippen molar-refractivity contribution < 1.29 is 28.5 Å². The van der Waals surface area contributed by atoms with E-state index in [1.165, 1.54) is 0 Å². The minimum Gasteiger partial charge on any atom is -0.368 e. The van der Waals surface area contributed by atoms with Crippen LogP contribution in [0.3, 0.4) is 0 Å². The molecule has 0 radical (unpaired) electrons. The fraction of sp³-hybridized carbons (Fsp3) is 0.409. The van der Waals surface area contributed by atoms with Crippen molar-refractivity contribution in [1.29, 1.82) is 0 Å². The van der Waals surface area contributed by atoms with Gasteiger partial charge in [0.1, 0.15) is 18.3 Å². The van der Waals surface area contributed by atoms with Gasteiger partial charge in [-0.3, -0.25) is 4.79 Å². The molecule has 4 fully saturated rings. The topological polar surface area (TPSA) is 63.2 Å². The molecule has 6 nitrogen and oxygen atoms in total. The molecule has 6 atom stereocenters. The maximum Gasteiger partial charge on any atom is 0.281 e. The number of carbonyl (C=O) groups is 1. The molecule has 2 aromatic carbocycles. The first-order valence-corrected chi connectivity index (χ1v) is 9.51. The van der Waals surface area contributed by atoms with Crippen LogP contribution in [0.5, 0.6) is 0 Å². The van der Waals surface area contributed by atoms with E-state index in [1.54, 1.807) is 6.92 Å². The Morgan fingerprint density at radius 3 is 1.71 bits per heavy atom. The second kappa shape index (κ2) is 7.06. The molecule has 1 aliphatic carbocycles. The van der Waals surface area contributed by atoms with Gasteiger partial charge in [-0.05, 0) is 11.1 Å². The van der Waals surface area contributed by atoms with E-state index in [2.05, 4.69) is 0 Å². The van der Waals surface area contributed by atoms with E-state index in [9.17, 15) is 4.79 Å². The molecule has 6 rings (SSSR count). The standard InChI is InChI=1S/C22H22O6/c1-22-26-17-16(23)18(27-22)20(25-13-15-10-6-3-7-11-15)21(28-22)19(17)24-12-14-8-4-2-5-9-14/h2-11,17-21H,12-13H2,1H3/t17-,18+,19+,20-,21?,22?. The zero-order valence-electron chi connectivity index (χ0n) is 15.5. The van der Waals surface area contributed by atoms with Crippen LogP contribution in [0.4, 0.5) is 0 Å². The van der Waals surface area contributed by atoms with Crippen molar-refractivity contribution in [3.8, 4) is 0 Å². The highest BCUT2D eigenvalue weighted by atomic mass is 16.9. The normalized spacial score (nSPS) is 36.0. The van der Waals surface area contributed by atoms with Crippen LogP contribution in [0.15, 0.2) is 60.7 Å². The van der Waals surface area contributed by atoms with E-state index in [0.29, 0.717) is 13.2 Å². The van der Waals surface area contributed by atoms with Gasteiger partial charge in [-0.15, -0.1) is 0 Å². The van der Waals surface area contributed by atoms with E-state index in [4.69, 9.17) is 23.7 Å². The lowest BCUT2D eigenvalue weighted by Crippen LogP contribution is -2.77. The van der Waals surface area contributed by atoms with Crippen LogP contribution in [0, 0.1) is 0 Å². The van der Waals surface area contributed by atoms with Gasteiger partial charge in [0.05, 0.1) is 13.2 Å². The van der Waals surface area contributed by atoms with Crippen LogP contribution in [0.2, 0.25) is 0 Å². The van der Waals surface area contributed by atoms with Gasteiger partial charge in [0.25, 0.3) is 5.97 Å². The van der Waals surface area contributed by atoms with Crippen LogP contribution in [0.25, 0.3) is 0 Å². The fourth-order valence-electron chi connectivity index (χ4n) is 4.09. The van der Waals surface area contributed by atoms with Gasteiger partial charge >= 0.3 is 0 Å². The highest BCUT2D eigenvalue weighted by Gasteiger charge is 2.66. The average Bonchev–Trinajstić information content (AvgIpc) is 2.72. The van der Waals surface area contributed by atoms with Crippen molar-refractivity contribution in [1.82, 2.24) is 0 Å². The SMILES string of the molecule is CC12OC3[C@@H](OCc4ccccc4)[C@H](O1)C(=O)[C@H](O2)[C@H]3OCc1ccccc1. The number of carbonyl (C=O) groups excluding carboxylic acids is 1. The Labute approximate surface area is 163 Å². The van der Waals surface area contributed by atoms with Gasteiger partial charge in [-0.1, -0.05) is 60.7 Å². The monoisotopic (exact) mass is 382 g/mol. The highest BCUT2D eigenvalue weighted by molar-refractivity contribution is 5.90. The summed E-state index contributed by atoms with van der Waals surface area (Å²) in [5, 5.41) is 0. The lowest BCUT2D eigenvalue weighted by molar-refractivity contribution is -0.499. The maximum atomic E-state index is 12.9. The van der Waals surface area contributed by atoms with Gasteiger partial charge in [0.2, 0.25) is 0 Å². The summed E-state index contributed by atoms with van der Waals surface area (Å²) >= 11 is 0. The summed E-state index contributed by atoms with van der Waals surface area (Å²) in [7, 11) is 0. The third kappa shape index (κ3) is 3.17. The predicted octanol–water partition coefficient (Wildman–Crippen LogP) is 2.60. The van der Waals surface area contributed by atoms with Crippen LogP contribution in [-0.4, -0.2) is 42.3 Å². The number of ether oxygens (including phenoxy) is 5. The Balaban J connectivity index is 1.35. The van der Waals surface area contributed by atoms with Crippen LogP contribution in [-0.2, 0) is 41.7 Å². The molecule has 146 valence electrons. The molecule has 3 saturated heterocycles. The molecular formula is C22H22O6. The summed E-state index contributed by atoms with van der Waals surface area (Å²) in [6.45, 7) is 2.42. The van der Waals surface area contributed by atoms with Gasteiger partial charge < -0.3 is 23.7 Å². The van der Waals surface area contributed by atoms with Crippen molar-refractivity contribution in [3.63, 3.8) is 0 Å². The second-order valence-electron chi connectivity index (χ2n) is 7.45. The number of ketones is 1. The quantitative estimate of drug-likeness (QED) is 0.765. The van der Waals surface area contributed by atoms with Crippen molar-refractivity contribution in [2.45, 2.75) is 56.6 Å². The molecule has 0 aromatic heterocycles. The molecule has 4 aliphatic rings. The Morgan fingerprint density at radius 1 is 0.786 bits per heavy atom. The number of Topliss-reactive ketones (excluding diaryl/α,β-unsaturated/α-hetero) is 1. The maximum absolute atomic E-state index is 12.9. The van der Waals surface area contributed by atoms with Crippen LogP contribution in [0.1, 0.15) is 18.1 Å². The minimum absolute atomic E-state index is 0.145. The van der Waals surface area contributed by atoms with E-state index < -0.39 is 36.5 Å². The Bertz CT molecular complexity index is 775. The van der Waals surface area contributed by atoms with E-state index in [0.717, 1.165) is 11.1 Å². The molecule has 28 heavy (non-hydrogen) atoms. The largest absolute Gasteiger partial charge is 0.368 e. The van der Waals surface area contributed by atoms with Crippen molar-refractivity contribution in [2.24, 2.45) is 0 Å². The molecule has 0 N–H and O–H groups in total. The average molecular weight is 382 g/mol. The second-order valence-corrected chi connectivity index (χ2v) is 7.45. The van der Waals surface area contributed by atoms with Crippen molar-refractivity contribution in [3.05, 3.63) is 71.8 Å². The summed E-state index contributed by atoms with van der Waals surface area (Å²) < 4.78 is 29.7. The molecule has 2 aromatic rings. The molecule has 2 unspecified atom stereocenters. The third-order valence-electron chi connectivity index (χ3n) is 5.41. The lowest BCUT2D eigenvalue weighted by Gasteiger charge is -2.58. The summed E-state index contributed by atoms with van der Waals surface area (Å²) in [6, 6.07) is 19.6. The summed E-state index contributed by atoms with van der Waals surface area (Å²) in [4.78, 5) is 12.9. The predicted molar refractivity (Wildman–Crippen MR) is 98.1 cm³/mol. The van der Waals surface area contributed by atoms with Crippen LogP contribution >= 0.6 is 0 Å². The van der Waals surface area contributed by atoms with Gasteiger partial charge in [-0.25, -0.2) is 0 Å². The van der Waals surface area contributed by atoms with Gasteiger partial charge in [-0.2, -0.15) is 0 Å². The minimum atomic E-state index is -1.23. The fourth-order valence-corrected chi connectivity index (χ4v) is 4.09. The van der Waals surface area contributed by atoms with Gasteiger partial charge in [0, 0.05) is 6.92 Å². The number of rotatable bonds is 6. The zero-order chi connectivity index (χ0) is 19.1. The number of hydrogen-bond donors (Lipinski definition) is 0. The molecule has 3 heterocycles. The van der Waals surface area contributed by atoms with E-state index in [-0.39, 0.29) is 5.78 Å². The third-order valence-corrected chi connectivity index (χ3v) is 5.41. The Hall–Kier alpha value is -2.09. The zero-order valence-corrected chi connectivity index (χ0v) is 15.5. The van der Waals surface area contributed by atoms with E-state index >= 15 is 0 Å². The van der Waals surface area contributed by atoms with Crippen LogP contribution < -0.4 is 0 Å². The lowest BCUT2D eigenvalue weighted by atomic mass is 9.82. The summed E-state index contributed by atoms with van der Waals surface area (Å²) in [5.74, 6) is -1.37. The number of benzene rings is 2. The number of hydrogen-bond acceptors (Lipinski definition) is 6. The first-order valence-electron chi connectivity index (χ1n) is 9.51. The molecule has 0 spiro atoms. The first kappa shape index (κ1) is 18.0. The first-order chi connectivity index (χ1) is 13.6. The highest BCUT2D eigenvalue weighted by Crippen LogP contribution is 2.45.